The first-order chi connectivity index (χ1) is 5.88. The molecule has 0 spiro atoms. The minimum absolute atomic E-state index is 0.936. The molecule has 0 unspecified atom stereocenters. The van der Waals surface area contributed by atoms with E-state index < -0.39 is 0 Å². The highest BCUT2D eigenvalue weighted by atomic mass is 14.7. The van der Waals surface area contributed by atoms with Crippen molar-refractivity contribution in [1.29, 1.82) is 0 Å². The van der Waals surface area contributed by atoms with Gasteiger partial charge in [-0.2, -0.15) is 0 Å². The van der Waals surface area contributed by atoms with Crippen molar-refractivity contribution in [2.24, 2.45) is 4.99 Å². The Labute approximate surface area is 73.5 Å². The third kappa shape index (κ3) is 2.06. The van der Waals surface area contributed by atoms with Gasteiger partial charge in [-0.05, 0) is 18.1 Å². The van der Waals surface area contributed by atoms with Gasteiger partial charge in [0.25, 0.3) is 0 Å². The average molecular weight is 159 g/mol. The molecule has 12 heavy (non-hydrogen) atoms. The number of aliphatic imine (C=N–C) groups is 1. The normalized spacial score (nSPS) is 17.1. The molecule has 0 aromatic rings. The van der Waals surface area contributed by atoms with E-state index in [1.807, 2.05) is 18.2 Å². The third-order valence-corrected chi connectivity index (χ3v) is 1.76. The predicted octanol–water partition coefficient (Wildman–Crippen LogP) is 2.69. The molecule has 0 aliphatic heterocycles. The van der Waals surface area contributed by atoms with Gasteiger partial charge < -0.3 is 0 Å². The van der Waals surface area contributed by atoms with Crippen LogP contribution in [0.5, 0.6) is 0 Å². The average Bonchev–Trinajstić information content (AvgIpc) is 2.35. The molecule has 1 aliphatic rings. The lowest BCUT2D eigenvalue weighted by atomic mass is 10.1. The summed E-state index contributed by atoms with van der Waals surface area (Å²) in [6.45, 7) is 3.72. The van der Waals surface area contributed by atoms with E-state index in [0.717, 1.165) is 12.1 Å². The van der Waals surface area contributed by atoms with Crippen LogP contribution >= 0.6 is 0 Å². The van der Waals surface area contributed by atoms with Crippen molar-refractivity contribution in [3.05, 3.63) is 48.6 Å². The van der Waals surface area contributed by atoms with Crippen LogP contribution in [-0.2, 0) is 0 Å². The minimum Gasteiger partial charge on any atom is -0.288 e. The Kier molecular flexibility index (Phi) is 3.27. The predicted molar refractivity (Wildman–Crippen MR) is 54.5 cm³/mol. The smallest absolute Gasteiger partial charge is 0.0600 e. The van der Waals surface area contributed by atoms with Crippen molar-refractivity contribution in [2.45, 2.75) is 6.42 Å². The highest BCUT2D eigenvalue weighted by molar-refractivity contribution is 6.08. The summed E-state index contributed by atoms with van der Waals surface area (Å²) in [4.78, 5) is 4.13. The van der Waals surface area contributed by atoms with Gasteiger partial charge in [0.1, 0.15) is 0 Å². The fraction of sp³-hybridized carbons (Fsp3) is 0.182. The Hall–Kier alpha value is -1.37. The van der Waals surface area contributed by atoms with Crippen molar-refractivity contribution < 1.29 is 0 Å². The van der Waals surface area contributed by atoms with Crippen LogP contribution in [0.1, 0.15) is 6.42 Å². The highest BCUT2D eigenvalue weighted by Crippen LogP contribution is 2.09. The molecule has 0 atom stereocenters. The fourth-order valence-electron chi connectivity index (χ4n) is 1.13. The number of allylic oxidation sites excluding steroid dienone is 7. The Morgan fingerprint density at radius 2 is 2.33 bits per heavy atom. The van der Waals surface area contributed by atoms with E-state index in [4.69, 9.17) is 0 Å². The molecule has 0 bridgehead atoms. The van der Waals surface area contributed by atoms with Crippen molar-refractivity contribution in [1.82, 2.24) is 0 Å². The van der Waals surface area contributed by atoms with Gasteiger partial charge in [0.15, 0.2) is 0 Å². The Morgan fingerprint density at radius 3 is 3.00 bits per heavy atom. The zero-order valence-electron chi connectivity index (χ0n) is 7.33. The molecule has 1 nitrogen and oxygen atoms in total. The van der Waals surface area contributed by atoms with Crippen molar-refractivity contribution in [2.75, 3.05) is 7.05 Å². The first-order valence-corrected chi connectivity index (χ1v) is 4.00. The van der Waals surface area contributed by atoms with Gasteiger partial charge in [0.05, 0.1) is 5.71 Å². The van der Waals surface area contributed by atoms with Crippen LogP contribution in [0.4, 0.5) is 0 Å². The van der Waals surface area contributed by atoms with Crippen LogP contribution in [0.2, 0.25) is 0 Å². The van der Waals surface area contributed by atoms with Crippen LogP contribution in [0.25, 0.3) is 0 Å². The standard InChI is InChI=1S/C11H13N/c1-3-11(12-2)10-8-6-4-5-7-9-10/h3-8H,1,9H2,2H3/b12-11+. The van der Waals surface area contributed by atoms with Crippen LogP contribution in [0.3, 0.4) is 0 Å². The molecule has 62 valence electrons. The molecule has 1 rings (SSSR count). The molecule has 0 aromatic carbocycles. The molecule has 0 fully saturated rings. The second kappa shape index (κ2) is 4.50. The van der Waals surface area contributed by atoms with E-state index in [2.05, 4.69) is 23.7 Å². The summed E-state index contributed by atoms with van der Waals surface area (Å²) in [6.07, 6.45) is 13.0. The lowest BCUT2D eigenvalue weighted by Crippen LogP contribution is -1.97. The molecular formula is C11H13N. The SMILES string of the molecule is C=C/C(=N\C)C1=CC=CC=CC1. The minimum atomic E-state index is 0.936. The Bertz CT molecular complexity index is 277. The van der Waals surface area contributed by atoms with Crippen molar-refractivity contribution in [3.63, 3.8) is 0 Å². The van der Waals surface area contributed by atoms with E-state index in [1.165, 1.54) is 5.57 Å². The molecule has 0 N–H and O–H groups in total. The van der Waals surface area contributed by atoms with Crippen molar-refractivity contribution >= 4 is 5.71 Å². The lowest BCUT2D eigenvalue weighted by molar-refractivity contribution is 1.30. The summed E-state index contributed by atoms with van der Waals surface area (Å²) in [7, 11) is 1.79. The maximum Gasteiger partial charge on any atom is 0.0600 e. The van der Waals surface area contributed by atoms with Gasteiger partial charge in [0.2, 0.25) is 0 Å². The van der Waals surface area contributed by atoms with E-state index in [1.54, 1.807) is 13.1 Å². The molecule has 0 amide bonds. The summed E-state index contributed by atoms with van der Waals surface area (Å²) in [6, 6.07) is 0. The third-order valence-electron chi connectivity index (χ3n) is 1.76. The van der Waals surface area contributed by atoms with Gasteiger partial charge in [-0.1, -0.05) is 37.0 Å². The molecular weight excluding hydrogens is 146 g/mol. The first kappa shape index (κ1) is 8.72. The van der Waals surface area contributed by atoms with Gasteiger partial charge >= 0.3 is 0 Å². The molecule has 0 radical (unpaired) electrons. The zero-order chi connectivity index (χ0) is 8.81. The second-order valence-corrected chi connectivity index (χ2v) is 2.52. The molecule has 0 saturated carbocycles. The molecule has 0 saturated heterocycles. The monoisotopic (exact) mass is 159 g/mol. The van der Waals surface area contributed by atoms with Gasteiger partial charge in [-0.15, -0.1) is 0 Å². The first-order valence-electron chi connectivity index (χ1n) is 4.00. The largest absolute Gasteiger partial charge is 0.288 e. The summed E-state index contributed by atoms with van der Waals surface area (Å²) < 4.78 is 0. The second-order valence-electron chi connectivity index (χ2n) is 2.52. The highest BCUT2D eigenvalue weighted by Gasteiger charge is 1.99. The molecule has 0 aromatic heterocycles. The fourth-order valence-corrected chi connectivity index (χ4v) is 1.13. The van der Waals surface area contributed by atoms with Gasteiger partial charge in [-0.3, -0.25) is 4.99 Å². The van der Waals surface area contributed by atoms with Gasteiger partial charge in [0, 0.05) is 7.05 Å². The quantitative estimate of drug-likeness (QED) is 0.549. The van der Waals surface area contributed by atoms with Crippen molar-refractivity contribution in [3.8, 4) is 0 Å². The topological polar surface area (TPSA) is 12.4 Å². The number of nitrogens with zero attached hydrogens (tertiary/aromatic N) is 1. The maximum atomic E-state index is 4.13. The van der Waals surface area contributed by atoms with Crippen LogP contribution in [-0.4, -0.2) is 12.8 Å². The van der Waals surface area contributed by atoms with E-state index in [-0.39, 0.29) is 0 Å². The number of rotatable bonds is 2. The maximum absolute atomic E-state index is 4.13. The Balaban J connectivity index is 2.87. The summed E-state index contributed by atoms with van der Waals surface area (Å²) >= 11 is 0. The summed E-state index contributed by atoms with van der Waals surface area (Å²) in [5.41, 5.74) is 2.20. The van der Waals surface area contributed by atoms with Gasteiger partial charge in [-0.25, -0.2) is 0 Å². The summed E-state index contributed by atoms with van der Waals surface area (Å²) in [5, 5.41) is 0. The van der Waals surface area contributed by atoms with E-state index in [9.17, 15) is 0 Å². The number of hydrogen-bond donors (Lipinski definition) is 0. The summed E-state index contributed by atoms with van der Waals surface area (Å²) in [5.74, 6) is 0. The zero-order valence-corrected chi connectivity index (χ0v) is 7.33. The van der Waals surface area contributed by atoms with E-state index >= 15 is 0 Å². The lowest BCUT2D eigenvalue weighted by Gasteiger charge is -2.01. The Morgan fingerprint density at radius 1 is 1.50 bits per heavy atom. The van der Waals surface area contributed by atoms with Crippen LogP contribution in [0, 0.1) is 0 Å². The van der Waals surface area contributed by atoms with E-state index in [0.29, 0.717) is 0 Å². The van der Waals surface area contributed by atoms with Crippen LogP contribution in [0.15, 0.2) is 53.6 Å². The van der Waals surface area contributed by atoms with Crippen LogP contribution < -0.4 is 0 Å². The molecule has 0 heterocycles. The molecule has 1 heteroatoms. The molecule has 1 aliphatic carbocycles. The number of hydrogen-bond acceptors (Lipinski definition) is 1.